The van der Waals surface area contributed by atoms with Gasteiger partial charge in [-0.05, 0) is 55.4 Å². The molecule has 3 nitrogen and oxygen atoms in total. The zero-order valence-electron chi connectivity index (χ0n) is 15.5. The largest absolute Gasteiger partial charge is 0.508 e. The number of benzene rings is 2. The SMILES string of the molecule is CCc1cc(-c2ccc(C)cc2)ccc1C1=C(O)[C@@]2(C)CC[C@H](O2)C1=O. The Morgan fingerprint density at radius 3 is 2.54 bits per heavy atom. The van der Waals surface area contributed by atoms with Crippen molar-refractivity contribution < 1.29 is 14.6 Å². The second-order valence-electron chi connectivity index (χ2n) is 7.56. The third-order valence-electron chi connectivity index (χ3n) is 5.70. The Morgan fingerprint density at radius 2 is 1.85 bits per heavy atom. The molecule has 1 saturated heterocycles. The number of aliphatic hydroxyl groups excluding tert-OH is 1. The minimum Gasteiger partial charge on any atom is -0.508 e. The summed E-state index contributed by atoms with van der Waals surface area (Å²) in [6.07, 6.45) is 1.72. The average molecular weight is 348 g/mol. The van der Waals surface area contributed by atoms with Crippen LogP contribution in [-0.2, 0) is 16.0 Å². The molecule has 2 aromatic rings. The van der Waals surface area contributed by atoms with E-state index in [0.717, 1.165) is 28.7 Å². The molecule has 2 aliphatic rings. The van der Waals surface area contributed by atoms with Gasteiger partial charge >= 0.3 is 0 Å². The summed E-state index contributed by atoms with van der Waals surface area (Å²) in [6.45, 7) is 6.03. The number of carbonyl (C=O) groups excluding carboxylic acids is 1. The second kappa shape index (κ2) is 6.10. The number of ketones is 1. The Kier molecular flexibility index (Phi) is 4.00. The molecule has 2 atom stereocenters. The highest BCUT2D eigenvalue weighted by Gasteiger charge is 2.50. The third kappa shape index (κ3) is 2.58. The van der Waals surface area contributed by atoms with E-state index < -0.39 is 11.7 Å². The number of hydrogen-bond donors (Lipinski definition) is 1. The summed E-state index contributed by atoms with van der Waals surface area (Å²) in [4.78, 5) is 12.9. The predicted octanol–water partition coefficient (Wildman–Crippen LogP) is 5.01. The van der Waals surface area contributed by atoms with E-state index in [-0.39, 0.29) is 11.5 Å². The quantitative estimate of drug-likeness (QED) is 0.848. The number of aryl methyl sites for hydroxylation is 2. The van der Waals surface area contributed by atoms with Gasteiger partial charge in [0, 0.05) is 0 Å². The van der Waals surface area contributed by atoms with Crippen molar-refractivity contribution in [2.24, 2.45) is 0 Å². The summed E-state index contributed by atoms with van der Waals surface area (Å²) >= 11 is 0. The third-order valence-corrected chi connectivity index (χ3v) is 5.70. The summed E-state index contributed by atoms with van der Waals surface area (Å²) in [5.41, 5.74) is 5.14. The molecule has 1 N–H and O–H groups in total. The van der Waals surface area contributed by atoms with Gasteiger partial charge in [0.2, 0.25) is 0 Å². The molecule has 0 spiro atoms. The zero-order valence-corrected chi connectivity index (χ0v) is 15.5. The van der Waals surface area contributed by atoms with Crippen molar-refractivity contribution in [3.05, 3.63) is 64.9 Å². The molecule has 26 heavy (non-hydrogen) atoms. The van der Waals surface area contributed by atoms with E-state index >= 15 is 0 Å². The molecule has 0 aromatic heterocycles. The molecule has 0 saturated carbocycles. The number of hydrogen-bond acceptors (Lipinski definition) is 3. The first kappa shape index (κ1) is 17.0. The minimum absolute atomic E-state index is 0.0877. The molecule has 4 rings (SSSR count). The van der Waals surface area contributed by atoms with Gasteiger partial charge < -0.3 is 9.84 Å². The van der Waals surface area contributed by atoms with Crippen molar-refractivity contribution in [3.8, 4) is 11.1 Å². The van der Waals surface area contributed by atoms with Crippen LogP contribution in [0.2, 0.25) is 0 Å². The van der Waals surface area contributed by atoms with E-state index in [0.29, 0.717) is 18.4 Å². The highest BCUT2D eigenvalue weighted by atomic mass is 16.5. The van der Waals surface area contributed by atoms with Crippen LogP contribution in [0.25, 0.3) is 16.7 Å². The Balaban J connectivity index is 1.82. The molecule has 0 radical (unpaired) electrons. The number of Topliss-reactive ketones (excluding diaryl/α,β-unsaturated/α-hetero) is 1. The molecule has 2 aliphatic heterocycles. The monoisotopic (exact) mass is 348 g/mol. The Morgan fingerprint density at radius 1 is 1.15 bits per heavy atom. The Labute approximate surface area is 154 Å². The van der Waals surface area contributed by atoms with Crippen LogP contribution in [0.1, 0.15) is 43.4 Å². The molecule has 1 fully saturated rings. The predicted molar refractivity (Wildman–Crippen MR) is 103 cm³/mol. The Bertz CT molecular complexity index is 908. The maximum Gasteiger partial charge on any atom is 0.195 e. The average Bonchev–Trinajstić information content (AvgIpc) is 3.02. The molecular formula is C23H24O3. The highest BCUT2D eigenvalue weighted by Crippen LogP contribution is 2.45. The smallest absolute Gasteiger partial charge is 0.195 e. The zero-order chi connectivity index (χ0) is 18.5. The fourth-order valence-electron chi connectivity index (χ4n) is 4.06. The molecule has 2 heterocycles. The van der Waals surface area contributed by atoms with E-state index in [2.05, 4.69) is 44.2 Å². The van der Waals surface area contributed by atoms with Crippen LogP contribution >= 0.6 is 0 Å². The number of rotatable bonds is 3. The first-order valence-corrected chi connectivity index (χ1v) is 9.29. The van der Waals surface area contributed by atoms with Gasteiger partial charge in [-0.25, -0.2) is 0 Å². The van der Waals surface area contributed by atoms with Crippen molar-refractivity contribution >= 4 is 11.4 Å². The summed E-state index contributed by atoms with van der Waals surface area (Å²) in [5.74, 6) is 0.00398. The fraction of sp³-hybridized carbons (Fsp3) is 0.348. The topological polar surface area (TPSA) is 46.5 Å². The van der Waals surface area contributed by atoms with Crippen LogP contribution in [0, 0.1) is 6.92 Å². The van der Waals surface area contributed by atoms with Crippen molar-refractivity contribution in [2.75, 3.05) is 0 Å². The Hall–Kier alpha value is -2.39. The normalized spacial score (nSPS) is 25.0. The van der Waals surface area contributed by atoms with Crippen LogP contribution in [0.3, 0.4) is 0 Å². The van der Waals surface area contributed by atoms with E-state index in [4.69, 9.17) is 4.74 Å². The van der Waals surface area contributed by atoms with Gasteiger partial charge in [0.05, 0.1) is 5.57 Å². The lowest BCUT2D eigenvalue weighted by Gasteiger charge is -2.31. The van der Waals surface area contributed by atoms with Gasteiger partial charge in [0.1, 0.15) is 17.5 Å². The molecule has 0 unspecified atom stereocenters. The first-order valence-electron chi connectivity index (χ1n) is 9.29. The van der Waals surface area contributed by atoms with Crippen LogP contribution in [-0.4, -0.2) is 22.6 Å². The summed E-state index contributed by atoms with van der Waals surface area (Å²) < 4.78 is 5.78. The van der Waals surface area contributed by atoms with Gasteiger partial charge in [0.15, 0.2) is 5.78 Å². The lowest BCUT2D eigenvalue weighted by molar-refractivity contribution is -0.130. The molecule has 2 bridgehead atoms. The van der Waals surface area contributed by atoms with Crippen LogP contribution in [0.4, 0.5) is 0 Å². The van der Waals surface area contributed by atoms with Gasteiger partial charge in [-0.15, -0.1) is 0 Å². The number of aliphatic hydroxyl groups is 1. The van der Waals surface area contributed by atoms with E-state index in [1.54, 1.807) is 0 Å². The second-order valence-corrected chi connectivity index (χ2v) is 7.56. The minimum atomic E-state index is -0.728. The molecule has 0 amide bonds. The summed E-state index contributed by atoms with van der Waals surface area (Å²) in [6, 6.07) is 14.6. The van der Waals surface area contributed by atoms with Crippen molar-refractivity contribution in [2.45, 2.75) is 51.7 Å². The van der Waals surface area contributed by atoms with E-state index in [1.807, 2.05) is 19.1 Å². The summed E-state index contributed by atoms with van der Waals surface area (Å²) in [7, 11) is 0. The summed E-state index contributed by atoms with van der Waals surface area (Å²) in [5, 5.41) is 10.8. The van der Waals surface area contributed by atoms with Crippen LogP contribution < -0.4 is 0 Å². The van der Waals surface area contributed by atoms with E-state index in [9.17, 15) is 9.90 Å². The van der Waals surface area contributed by atoms with Crippen molar-refractivity contribution in [3.63, 3.8) is 0 Å². The number of fused-ring (bicyclic) bond motifs is 2. The van der Waals surface area contributed by atoms with Gasteiger partial charge in [-0.2, -0.15) is 0 Å². The molecule has 3 heteroatoms. The molecule has 0 aliphatic carbocycles. The van der Waals surface area contributed by atoms with Crippen LogP contribution in [0.5, 0.6) is 0 Å². The van der Waals surface area contributed by atoms with Crippen molar-refractivity contribution in [1.29, 1.82) is 0 Å². The lowest BCUT2D eigenvalue weighted by Crippen LogP contribution is -2.37. The maximum atomic E-state index is 12.9. The molecule has 2 aromatic carbocycles. The lowest BCUT2D eigenvalue weighted by atomic mass is 9.87. The van der Waals surface area contributed by atoms with Gasteiger partial charge in [-0.3, -0.25) is 4.79 Å². The number of ether oxygens (including phenoxy) is 1. The first-order chi connectivity index (χ1) is 12.4. The maximum absolute atomic E-state index is 12.9. The van der Waals surface area contributed by atoms with Gasteiger partial charge in [0.25, 0.3) is 0 Å². The van der Waals surface area contributed by atoms with E-state index in [1.165, 1.54) is 5.56 Å². The number of carbonyl (C=O) groups is 1. The highest BCUT2D eigenvalue weighted by molar-refractivity contribution is 6.25. The van der Waals surface area contributed by atoms with Gasteiger partial charge in [-0.1, -0.05) is 55.0 Å². The fourth-order valence-corrected chi connectivity index (χ4v) is 4.06. The molecular weight excluding hydrogens is 324 g/mol. The standard InChI is InChI=1S/C23H24O3/c1-4-15-13-17(16-7-5-14(2)6-8-16)9-10-18(15)20-21(24)19-11-12-23(3,26-19)22(20)25/h5-10,13,19,25H,4,11-12H2,1-3H3/t19-,23+/m0/s1. The van der Waals surface area contributed by atoms with Crippen molar-refractivity contribution in [1.82, 2.24) is 0 Å². The molecule has 134 valence electrons. The van der Waals surface area contributed by atoms with Crippen LogP contribution in [0.15, 0.2) is 48.2 Å².